The van der Waals surface area contributed by atoms with Gasteiger partial charge in [0.25, 0.3) is 0 Å². The first-order valence-corrected chi connectivity index (χ1v) is 7.22. The van der Waals surface area contributed by atoms with Gasteiger partial charge in [-0.2, -0.15) is 4.72 Å². The summed E-state index contributed by atoms with van der Waals surface area (Å²) in [5.74, 6) is 2.37. The summed E-state index contributed by atoms with van der Waals surface area (Å²) in [6.45, 7) is 3.42. The van der Waals surface area contributed by atoms with Crippen LogP contribution in [0.15, 0.2) is 17.0 Å². The van der Waals surface area contributed by atoms with Crippen molar-refractivity contribution in [3.05, 3.63) is 22.7 Å². The molecule has 4 nitrogen and oxygen atoms in total. The van der Waals surface area contributed by atoms with Gasteiger partial charge in [-0.1, -0.05) is 24.4 Å². The Hall–Kier alpha value is -1.22. The molecule has 0 fully saturated rings. The zero-order valence-corrected chi connectivity index (χ0v) is 11.8. The van der Waals surface area contributed by atoms with Gasteiger partial charge in [0.1, 0.15) is 0 Å². The molecule has 0 aromatic heterocycles. The van der Waals surface area contributed by atoms with Gasteiger partial charge in [-0.25, -0.2) is 8.42 Å². The van der Waals surface area contributed by atoms with Crippen molar-refractivity contribution in [1.82, 2.24) is 4.72 Å². The molecule has 98 valence electrons. The smallest absolute Gasteiger partial charge is 0.242 e. The third-order valence-electron chi connectivity index (χ3n) is 2.56. The molecule has 0 aliphatic rings. The Balaban J connectivity index is 3.26. The molecular weight excluding hydrogens is 272 g/mol. The van der Waals surface area contributed by atoms with E-state index in [1.807, 2.05) is 0 Å². The molecule has 0 amide bonds. The van der Waals surface area contributed by atoms with Crippen LogP contribution in [0.2, 0.25) is 5.02 Å². The Kier molecular flexibility index (Phi) is 4.63. The standard InChI is InChI=1S/C12H15ClN2O2S/c1-4-10(5-2)15-18(16,17)12-7-9(13)6-11(14)8(12)3/h1,6-7,10,15H,5,14H2,2-3H3. The van der Waals surface area contributed by atoms with Gasteiger partial charge in [-0.3, -0.25) is 0 Å². The first-order valence-electron chi connectivity index (χ1n) is 5.36. The largest absolute Gasteiger partial charge is 0.398 e. The van der Waals surface area contributed by atoms with Gasteiger partial charge in [0.15, 0.2) is 0 Å². The van der Waals surface area contributed by atoms with Gasteiger partial charge in [-0.15, -0.1) is 6.42 Å². The van der Waals surface area contributed by atoms with Crippen LogP contribution in [0.1, 0.15) is 18.9 Å². The van der Waals surface area contributed by atoms with E-state index in [2.05, 4.69) is 10.6 Å². The lowest BCUT2D eigenvalue weighted by Crippen LogP contribution is -2.33. The van der Waals surface area contributed by atoms with E-state index in [0.29, 0.717) is 17.7 Å². The number of benzene rings is 1. The Labute approximate surface area is 113 Å². The van der Waals surface area contributed by atoms with E-state index in [0.717, 1.165) is 0 Å². The van der Waals surface area contributed by atoms with Crippen LogP contribution in [-0.2, 0) is 10.0 Å². The van der Waals surface area contributed by atoms with Gasteiger partial charge in [0, 0.05) is 10.7 Å². The van der Waals surface area contributed by atoms with Crippen molar-refractivity contribution in [2.24, 2.45) is 0 Å². The molecule has 0 radical (unpaired) electrons. The molecule has 1 rings (SSSR count). The number of nitrogen functional groups attached to an aromatic ring is 1. The second kappa shape index (κ2) is 5.61. The molecule has 1 unspecified atom stereocenters. The third kappa shape index (κ3) is 3.16. The fourth-order valence-electron chi connectivity index (χ4n) is 1.44. The van der Waals surface area contributed by atoms with E-state index in [1.165, 1.54) is 12.1 Å². The Morgan fingerprint density at radius 2 is 2.17 bits per heavy atom. The molecule has 0 saturated heterocycles. The van der Waals surface area contributed by atoms with Crippen LogP contribution < -0.4 is 10.5 Å². The van der Waals surface area contributed by atoms with Crippen molar-refractivity contribution in [3.63, 3.8) is 0 Å². The van der Waals surface area contributed by atoms with Crippen LogP contribution in [0.25, 0.3) is 0 Å². The summed E-state index contributed by atoms with van der Waals surface area (Å²) in [6.07, 6.45) is 5.74. The Morgan fingerprint density at radius 1 is 1.56 bits per heavy atom. The lowest BCUT2D eigenvalue weighted by molar-refractivity contribution is 0.570. The van der Waals surface area contributed by atoms with Gasteiger partial charge >= 0.3 is 0 Å². The fraction of sp³-hybridized carbons (Fsp3) is 0.333. The maximum absolute atomic E-state index is 12.2. The van der Waals surface area contributed by atoms with Crippen LogP contribution in [0.5, 0.6) is 0 Å². The number of nitrogens with one attached hydrogen (secondary N) is 1. The number of hydrogen-bond acceptors (Lipinski definition) is 3. The maximum Gasteiger partial charge on any atom is 0.242 e. The summed E-state index contributed by atoms with van der Waals surface area (Å²) >= 11 is 5.82. The minimum Gasteiger partial charge on any atom is -0.398 e. The molecule has 0 aliphatic heterocycles. The summed E-state index contributed by atoms with van der Waals surface area (Å²) in [6, 6.07) is 2.32. The lowest BCUT2D eigenvalue weighted by Gasteiger charge is -2.14. The van der Waals surface area contributed by atoms with Gasteiger partial charge in [0.05, 0.1) is 10.9 Å². The zero-order valence-electron chi connectivity index (χ0n) is 10.2. The van der Waals surface area contributed by atoms with Gasteiger partial charge < -0.3 is 5.73 Å². The highest BCUT2D eigenvalue weighted by Crippen LogP contribution is 2.26. The van der Waals surface area contributed by atoms with Gasteiger partial charge in [-0.05, 0) is 31.0 Å². The molecular formula is C12H15ClN2O2S. The summed E-state index contributed by atoms with van der Waals surface area (Å²) in [4.78, 5) is 0.0567. The number of rotatable bonds is 4. The molecule has 1 aromatic carbocycles. The summed E-state index contributed by atoms with van der Waals surface area (Å²) in [7, 11) is -3.72. The second-order valence-electron chi connectivity index (χ2n) is 3.87. The first-order chi connectivity index (χ1) is 8.31. The minimum absolute atomic E-state index is 0.0567. The minimum atomic E-state index is -3.72. The molecule has 18 heavy (non-hydrogen) atoms. The predicted molar refractivity (Wildman–Crippen MR) is 73.8 cm³/mol. The van der Waals surface area contributed by atoms with E-state index >= 15 is 0 Å². The topological polar surface area (TPSA) is 72.2 Å². The van der Waals surface area contributed by atoms with E-state index in [1.54, 1.807) is 13.8 Å². The predicted octanol–water partition coefficient (Wildman–Crippen LogP) is 1.92. The van der Waals surface area contributed by atoms with Crippen LogP contribution >= 0.6 is 11.6 Å². The zero-order chi connectivity index (χ0) is 13.9. The van der Waals surface area contributed by atoms with Crippen molar-refractivity contribution < 1.29 is 8.42 Å². The molecule has 0 spiro atoms. The highest BCUT2D eigenvalue weighted by Gasteiger charge is 2.21. The van der Waals surface area contributed by atoms with E-state index in [9.17, 15) is 8.42 Å². The average molecular weight is 287 g/mol. The molecule has 0 saturated carbocycles. The Bertz CT molecular complexity index is 591. The van der Waals surface area contributed by atoms with Crippen LogP contribution in [-0.4, -0.2) is 14.5 Å². The average Bonchev–Trinajstić information content (AvgIpc) is 2.30. The highest BCUT2D eigenvalue weighted by molar-refractivity contribution is 7.89. The molecule has 0 aliphatic carbocycles. The third-order valence-corrected chi connectivity index (χ3v) is 4.38. The van der Waals surface area contributed by atoms with Crippen LogP contribution in [0.3, 0.4) is 0 Å². The van der Waals surface area contributed by atoms with Crippen molar-refractivity contribution in [1.29, 1.82) is 0 Å². The fourth-order valence-corrected chi connectivity index (χ4v) is 3.27. The number of anilines is 1. The first kappa shape index (κ1) is 14.8. The molecule has 1 atom stereocenters. The van der Waals surface area contributed by atoms with Crippen molar-refractivity contribution in [2.45, 2.75) is 31.2 Å². The number of terminal acetylenes is 1. The number of sulfonamides is 1. The second-order valence-corrected chi connectivity index (χ2v) is 5.99. The van der Waals surface area contributed by atoms with Crippen molar-refractivity contribution >= 4 is 27.3 Å². The Morgan fingerprint density at radius 3 is 2.67 bits per heavy atom. The summed E-state index contributed by atoms with van der Waals surface area (Å²) in [5, 5.41) is 0.271. The molecule has 3 N–H and O–H groups in total. The molecule has 0 heterocycles. The molecule has 0 bridgehead atoms. The van der Waals surface area contributed by atoms with Gasteiger partial charge in [0.2, 0.25) is 10.0 Å². The van der Waals surface area contributed by atoms with Crippen LogP contribution in [0.4, 0.5) is 5.69 Å². The highest BCUT2D eigenvalue weighted by atomic mass is 35.5. The van der Waals surface area contributed by atoms with E-state index in [-0.39, 0.29) is 9.92 Å². The monoisotopic (exact) mass is 286 g/mol. The maximum atomic E-state index is 12.2. The quantitative estimate of drug-likeness (QED) is 0.656. The summed E-state index contributed by atoms with van der Waals surface area (Å²) in [5.41, 5.74) is 6.48. The number of nitrogens with two attached hydrogens (primary N) is 1. The van der Waals surface area contributed by atoms with E-state index in [4.69, 9.17) is 23.8 Å². The van der Waals surface area contributed by atoms with Crippen molar-refractivity contribution in [3.8, 4) is 12.3 Å². The molecule has 1 aromatic rings. The molecule has 6 heteroatoms. The SMILES string of the molecule is C#CC(CC)NS(=O)(=O)c1cc(Cl)cc(N)c1C. The summed E-state index contributed by atoms with van der Waals surface area (Å²) < 4.78 is 26.8. The number of hydrogen-bond donors (Lipinski definition) is 2. The normalized spacial score (nSPS) is 13.0. The van der Waals surface area contributed by atoms with E-state index < -0.39 is 16.1 Å². The van der Waals surface area contributed by atoms with Crippen LogP contribution in [0, 0.1) is 19.3 Å². The number of halogens is 1. The lowest BCUT2D eigenvalue weighted by atomic mass is 10.2. The van der Waals surface area contributed by atoms with Crippen molar-refractivity contribution in [2.75, 3.05) is 5.73 Å².